The summed E-state index contributed by atoms with van der Waals surface area (Å²) in [6.45, 7) is 5.14. The molecule has 0 radical (unpaired) electrons. The van der Waals surface area contributed by atoms with Crippen molar-refractivity contribution < 1.29 is 9.59 Å². The maximum absolute atomic E-state index is 12.1. The monoisotopic (exact) mass is 275 g/mol. The molecule has 5 heteroatoms. The van der Waals surface area contributed by atoms with E-state index in [4.69, 9.17) is 0 Å². The zero-order valence-corrected chi connectivity index (χ0v) is 12.0. The highest BCUT2D eigenvalue weighted by Crippen LogP contribution is 2.20. The minimum Gasteiger partial charge on any atom is -0.342 e. The van der Waals surface area contributed by atoms with Gasteiger partial charge in [0.2, 0.25) is 11.8 Å². The molecule has 0 atom stereocenters. The van der Waals surface area contributed by atoms with Crippen LogP contribution in [-0.4, -0.2) is 34.8 Å². The van der Waals surface area contributed by atoms with Crippen molar-refractivity contribution in [3.05, 3.63) is 24.4 Å². The van der Waals surface area contributed by atoms with Crippen molar-refractivity contribution in [1.29, 1.82) is 0 Å². The fourth-order valence-corrected chi connectivity index (χ4v) is 2.39. The Hall–Kier alpha value is -1.91. The third kappa shape index (κ3) is 3.56. The number of nitrogens with one attached hydrogen (secondary N) is 1. The zero-order valence-electron chi connectivity index (χ0n) is 12.0. The van der Waals surface area contributed by atoms with Gasteiger partial charge in [-0.2, -0.15) is 0 Å². The van der Waals surface area contributed by atoms with E-state index in [9.17, 15) is 9.59 Å². The van der Waals surface area contributed by atoms with Crippen LogP contribution in [0.3, 0.4) is 0 Å². The number of nitrogens with zero attached hydrogens (tertiary/aromatic N) is 2. The fourth-order valence-electron chi connectivity index (χ4n) is 2.39. The predicted molar refractivity (Wildman–Crippen MR) is 77.0 cm³/mol. The number of hydrogen-bond acceptors (Lipinski definition) is 3. The van der Waals surface area contributed by atoms with Crippen molar-refractivity contribution >= 4 is 17.6 Å². The number of anilines is 1. The standard InChI is InChI=1S/C15H21N3O2/c1-11(2)15(20)18-9-6-12(7-10-18)14(19)17-13-5-3-4-8-16-13/h3-5,8,11-12H,6-7,9-10H2,1-2H3,(H,16,17,19). The summed E-state index contributed by atoms with van der Waals surface area (Å²) in [5.74, 6) is 0.745. The topological polar surface area (TPSA) is 62.3 Å². The molecule has 0 aromatic carbocycles. The van der Waals surface area contributed by atoms with E-state index in [1.165, 1.54) is 0 Å². The van der Waals surface area contributed by atoms with Crippen LogP contribution in [-0.2, 0) is 9.59 Å². The van der Waals surface area contributed by atoms with Gasteiger partial charge in [-0.1, -0.05) is 19.9 Å². The molecule has 1 saturated heterocycles. The summed E-state index contributed by atoms with van der Waals surface area (Å²) in [6, 6.07) is 5.42. The fraction of sp³-hybridized carbons (Fsp3) is 0.533. The first-order valence-electron chi connectivity index (χ1n) is 7.08. The SMILES string of the molecule is CC(C)C(=O)N1CCC(C(=O)Nc2ccccn2)CC1. The average molecular weight is 275 g/mol. The Labute approximate surface area is 119 Å². The number of aromatic nitrogens is 1. The normalized spacial score (nSPS) is 16.2. The molecule has 20 heavy (non-hydrogen) atoms. The molecule has 0 aliphatic carbocycles. The molecular weight excluding hydrogens is 254 g/mol. The minimum absolute atomic E-state index is 0.000320. The van der Waals surface area contributed by atoms with E-state index < -0.39 is 0 Å². The smallest absolute Gasteiger partial charge is 0.228 e. The lowest BCUT2D eigenvalue weighted by Crippen LogP contribution is -2.43. The van der Waals surface area contributed by atoms with Gasteiger partial charge in [0.25, 0.3) is 0 Å². The average Bonchev–Trinajstić information content (AvgIpc) is 2.47. The predicted octanol–water partition coefficient (Wildman–Crippen LogP) is 1.91. The summed E-state index contributed by atoms with van der Waals surface area (Å²) in [5.41, 5.74) is 0. The van der Waals surface area contributed by atoms with Gasteiger partial charge in [-0.3, -0.25) is 9.59 Å². The number of amides is 2. The van der Waals surface area contributed by atoms with Crippen LogP contribution in [0.4, 0.5) is 5.82 Å². The van der Waals surface area contributed by atoms with E-state index in [0.717, 1.165) is 12.8 Å². The highest BCUT2D eigenvalue weighted by Gasteiger charge is 2.28. The molecule has 2 amide bonds. The molecule has 1 aromatic heterocycles. The summed E-state index contributed by atoms with van der Waals surface area (Å²) in [7, 11) is 0. The van der Waals surface area contributed by atoms with E-state index in [1.807, 2.05) is 30.9 Å². The largest absolute Gasteiger partial charge is 0.342 e. The maximum atomic E-state index is 12.1. The van der Waals surface area contributed by atoms with Gasteiger partial charge in [0, 0.05) is 31.1 Å². The van der Waals surface area contributed by atoms with Crippen LogP contribution in [0.5, 0.6) is 0 Å². The van der Waals surface area contributed by atoms with Gasteiger partial charge in [0.15, 0.2) is 0 Å². The van der Waals surface area contributed by atoms with Crippen molar-refractivity contribution in [3.8, 4) is 0 Å². The van der Waals surface area contributed by atoms with Crippen LogP contribution in [0, 0.1) is 11.8 Å². The Morgan fingerprint density at radius 3 is 2.55 bits per heavy atom. The lowest BCUT2D eigenvalue weighted by atomic mass is 9.95. The number of carbonyl (C=O) groups excluding carboxylic acids is 2. The Balaban J connectivity index is 1.84. The quantitative estimate of drug-likeness (QED) is 0.916. The molecule has 1 aliphatic heterocycles. The summed E-state index contributed by atoms with van der Waals surface area (Å²) in [4.78, 5) is 29.9. The molecule has 0 bridgehead atoms. The van der Waals surface area contributed by atoms with E-state index in [1.54, 1.807) is 12.3 Å². The van der Waals surface area contributed by atoms with Gasteiger partial charge in [-0.05, 0) is 25.0 Å². The third-order valence-corrected chi connectivity index (χ3v) is 3.59. The first-order valence-corrected chi connectivity index (χ1v) is 7.08. The van der Waals surface area contributed by atoms with Gasteiger partial charge in [0.05, 0.1) is 0 Å². The van der Waals surface area contributed by atoms with Crippen LogP contribution in [0.25, 0.3) is 0 Å². The number of hydrogen-bond donors (Lipinski definition) is 1. The molecule has 5 nitrogen and oxygen atoms in total. The lowest BCUT2D eigenvalue weighted by molar-refractivity contribution is -0.137. The lowest BCUT2D eigenvalue weighted by Gasteiger charge is -2.32. The van der Waals surface area contributed by atoms with Crippen LogP contribution in [0.2, 0.25) is 0 Å². The number of carbonyl (C=O) groups is 2. The van der Waals surface area contributed by atoms with Gasteiger partial charge in [-0.25, -0.2) is 4.98 Å². The Bertz CT molecular complexity index is 465. The van der Waals surface area contributed by atoms with E-state index >= 15 is 0 Å². The second-order valence-electron chi connectivity index (χ2n) is 5.46. The highest BCUT2D eigenvalue weighted by molar-refractivity contribution is 5.91. The van der Waals surface area contributed by atoms with Crippen molar-refractivity contribution in [2.75, 3.05) is 18.4 Å². The molecule has 108 valence electrons. The van der Waals surface area contributed by atoms with Gasteiger partial charge >= 0.3 is 0 Å². The van der Waals surface area contributed by atoms with Gasteiger partial charge < -0.3 is 10.2 Å². The van der Waals surface area contributed by atoms with Crippen LogP contribution in [0.1, 0.15) is 26.7 Å². The first-order chi connectivity index (χ1) is 9.58. The summed E-state index contributed by atoms with van der Waals surface area (Å²) in [6.07, 6.45) is 3.09. The Morgan fingerprint density at radius 2 is 2.00 bits per heavy atom. The molecule has 0 unspecified atom stereocenters. The summed E-state index contributed by atoms with van der Waals surface area (Å²) in [5, 5.41) is 2.82. The van der Waals surface area contributed by atoms with Gasteiger partial charge in [0.1, 0.15) is 5.82 Å². The summed E-state index contributed by atoms with van der Waals surface area (Å²) >= 11 is 0. The second kappa shape index (κ2) is 6.50. The number of piperidine rings is 1. The third-order valence-electron chi connectivity index (χ3n) is 3.59. The maximum Gasteiger partial charge on any atom is 0.228 e. The van der Waals surface area contributed by atoms with E-state index in [-0.39, 0.29) is 23.7 Å². The highest BCUT2D eigenvalue weighted by atomic mass is 16.2. The zero-order chi connectivity index (χ0) is 14.5. The molecule has 1 aliphatic rings. The van der Waals surface area contributed by atoms with Crippen molar-refractivity contribution in [2.24, 2.45) is 11.8 Å². The molecule has 1 fully saturated rings. The van der Waals surface area contributed by atoms with Crippen molar-refractivity contribution in [2.45, 2.75) is 26.7 Å². The van der Waals surface area contributed by atoms with Crippen LogP contribution in [0.15, 0.2) is 24.4 Å². The van der Waals surface area contributed by atoms with E-state index in [2.05, 4.69) is 10.3 Å². The molecule has 0 saturated carbocycles. The minimum atomic E-state index is -0.0341. The first kappa shape index (κ1) is 14.5. The molecule has 0 spiro atoms. The Kier molecular flexibility index (Phi) is 4.71. The van der Waals surface area contributed by atoms with E-state index in [0.29, 0.717) is 18.9 Å². The second-order valence-corrected chi connectivity index (χ2v) is 5.46. The molecule has 1 aromatic rings. The van der Waals surface area contributed by atoms with Gasteiger partial charge in [-0.15, -0.1) is 0 Å². The molecule has 2 heterocycles. The molecule has 2 rings (SSSR count). The van der Waals surface area contributed by atoms with Crippen LogP contribution < -0.4 is 5.32 Å². The number of likely N-dealkylation sites (tertiary alicyclic amines) is 1. The van der Waals surface area contributed by atoms with Crippen molar-refractivity contribution in [1.82, 2.24) is 9.88 Å². The number of rotatable bonds is 3. The van der Waals surface area contributed by atoms with Crippen molar-refractivity contribution in [3.63, 3.8) is 0 Å². The molecule has 1 N–H and O–H groups in total. The summed E-state index contributed by atoms with van der Waals surface area (Å²) < 4.78 is 0. The number of pyridine rings is 1. The molecular formula is C15H21N3O2. The Morgan fingerprint density at radius 1 is 1.30 bits per heavy atom. The van der Waals surface area contributed by atoms with Crippen LogP contribution >= 0.6 is 0 Å².